The van der Waals surface area contributed by atoms with Gasteiger partial charge in [-0.1, -0.05) is 13.3 Å². The van der Waals surface area contributed by atoms with Gasteiger partial charge >= 0.3 is 0 Å². The standard InChI is InChI=1S/C9H18FN/c1-3-5-9(2,10)8-4-6-11-7-8/h8,11H,3-7H2,1-2H3. The maximum absolute atomic E-state index is 13.8. The Morgan fingerprint density at radius 2 is 2.36 bits per heavy atom. The van der Waals surface area contributed by atoms with Crippen LogP contribution < -0.4 is 5.32 Å². The topological polar surface area (TPSA) is 12.0 Å². The van der Waals surface area contributed by atoms with Gasteiger partial charge < -0.3 is 5.32 Å². The lowest BCUT2D eigenvalue weighted by Crippen LogP contribution is -2.31. The lowest BCUT2D eigenvalue weighted by Gasteiger charge is -2.25. The fraction of sp³-hybridized carbons (Fsp3) is 1.00. The van der Waals surface area contributed by atoms with Crippen molar-refractivity contribution in [3.8, 4) is 0 Å². The number of hydrogen-bond donors (Lipinski definition) is 1. The maximum atomic E-state index is 13.8. The Bertz CT molecular complexity index is 117. The van der Waals surface area contributed by atoms with Crippen molar-refractivity contribution in [1.29, 1.82) is 0 Å². The molecule has 1 rings (SSSR count). The Labute approximate surface area is 68.4 Å². The van der Waals surface area contributed by atoms with E-state index in [0.29, 0.717) is 6.42 Å². The molecule has 2 heteroatoms. The minimum Gasteiger partial charge on any atom is -0.316 e. The van der Waals surface area contributed by atoms with Crippen LogP contribution in [0.4, 0.5) is 4.39 Å². The summed E-state index contributed by atoms with van der Waals surface area (Å²) in [4.78, 5) is 0. The summed E-state index contributed by atoms with van der Waals surface area (Å²) in [6, 6.07) is 0. The quantitative estimate of drug-likeness (QED) is 0.665. The van der Waals surface area contributed by atoms with Crippen LogP contribution in [-0.4, -0.2) is 18.8 Å². The highest BCUT2D eigenvalue weighted by Gasteiger charge is 2.34. The molecule has 0 spiro atoms. The number of halogens is 1. The predicted octanol–water partition coefficient (Wildman–Crippen LogP) is 2.12. The van der Waals surface area contributed by atoms with Gasteiger partial charge in [0.15, 0.2) is 0 Å². The zero-order valence-corrected chi connectivity index (χ0v) is 7.49. The average molecular weight is 159 g/mol. The van der Waals surface area contributed by atoms with Crippen molar-refractivity contribution < 1.29 is 4.39 Å². The van der Waals surface area contributed by atoms with E-state index in [4.69, 9.17) is 0 Å². The van der Waals surface area contributed by atoms with E-state index in [1.165, 1.54) is 0 Å². The van der Waals surface area contributed by atoms with Crippen LogP contribution >= 0.6 is 0 Å². The Morgan fingerprint density at radius 3 is 2.82 bits per heavy atom. The first-order valence-corrected chi connectivity index (χ1v) is 4.56. The summed E-state index contributed by atoms with van der Waals surface area (Å²) in [5.41, 5.74) is -0.932. The second-order valence-corrected chi connectivity index (χ2v) is 3.72. The summed E-state index contributed by atoms with van der Waals surface area (Å²) < 4.78 is 13.8. The molecular weight excluding hydrogens is 141 g/mol. The zero-order chi connectivity index (χ0) is 8.32. The van der Waals surface area contributed by atoms with E-state index in [-0.39, 0.29) is 5.92 Å². The molecule has 1 fully saturated rings. The first-order valence-electron chi connectivity index (χ1n) is 4.56. The van der Waals surface area contributed by atoms with Crippen LogP contribution in [0.2, 0.25) is 0 Å². The molecule has 1 aliphatic rings. The summed E-state index contributed by atoms with van der Waals surface area (Å²) in [5.74, 6) is 0.252. The molecule has 1 saturated heterocycles. The van der Waals surface area contributed by atoms with E-state index in [9.17, 15) is 4.39 Å². The SMILES string of the molecule is CCCC(C)(F)C1CCNC1. The highest BCUT2D eigenvalue weighted by atomic mass is 19.1. The third kappa shape index (κ3) is 2.16. The number of nitrogens with one attached hydrogen (secondary N) is 1. The molecule has 0 aromatic heterocycles. The number of rotatable bonds is 3. The number of alkyl halides is 1. The molecular formula is C9H18FN. The van der Waals surface area contributed by atoms with Crippen molar-refractivity contribution in [3.05, 3.63) is 0 Å². The van der Waals surface area contributed by atoms with Gasteiger partial charge in [0.05, 0.1) is 0 Å². The van der Waals surface area contributed by atoms with Gasteiger partial charge in [0.2, 0.25) is 0 Å². The molecule has 2 unspecified atom stereocenters. The van der Waals surface area contributed by atoms with Gasteiger partial charge in [-0.2, -0.15) is 0 Å². The molecule has 0 aromatic rings. The minimum absolute atomic E-state index is 0.252. The minimum atomic E-state index is -0.932. The smallest absolute Gasteiger partial charge is 0.112 e. The average Bonchev–Trinajstić information content (AvgIpc) is 2.37. The van der Waals surface area contributed by atoms with E-state index in [1.807, 2.05) is 6.92 Å². The van der Waals surface area contributed by atoms with E-state index in [1.54, 1.807) is 6.92 Å². The van der Waals surface area contributed by atoms with Crippen LogP contribution in [0.15, 0.2) is 0 Å². The van der Waals surface area contributed by atoms with Crippen molar-refractivity contribution in [2.75, 3.05) is 13.1 Å². The molecule has 0 aromatic carbocycles. The molecule has 11 heavy (non-hydrogen) atoms. The fourth-order valence-corrected chi connectivity index (χ4v) is 1.86. The van der Waals surface area contributed by atoms with Crippen LogP contribution in [0.1, 0.15) is 33.1 Å². The monoisotopic (exact) mass is 159 g/mol. The normalized spacial score (nSPS) is 30.3. The Hall–Kier alpha value is -0.110. The zero-order valence-electron chi connectivity index (χ0n) is 7.49. The Balaban J connectivity index is 2.41. The maximum Gasteiger partial charge on any atom is 0.112 e. The molecule has 0 bridgehead atoms. The van der Waals surface area contributed by atoms with Gasteiger partial charge in [0.25, 0.3) is 0 Å². The Kier molecular flexibility index (Phi) is 2.88. The first-order chi connectivity index (χ1) is 5.17. The highest BCUT2D eigenvalue weighted by Crippen LogP contribution is 2.31. The predicted molar refractivity (Wildman–Crippen MR) is 45.4 cm³/mol. The van der Waals surface area contributed by atoms with Gasteiger partial charge in [-0.3, -0.25) is 0 Å². The molecule has 0 saturated carbocycles. The van der Waals surface area contributed by atoms with Crippen LogP contribution in [0.25, 0.3) is 0 Å². The second kappa shape index (κ2) is 3.53. The third-order valence-electron chi connectivity index (χ3n) is 2.65. The van der Waals surface area contributed by atoms with E-state index < -0.39 is 5.67 Å². The van der Waals surface area contributed by atoms with Crippen molar-refractivity contribution >= 4 is 0 Å². The van der Waals surface area contributed by atoms with Gasteiger partial charge in [-0.15, -0.1) is 0 Å². The summed E-state index contributed by atoms with van der Waals surface area (Å²) in [7, 11) is 0. The highest BCUT2D eigenvalue weighted by molar-refractivity contribution is 4.87. The van der Waals surface area contributed by atoms with Crippen molar-refractivity contribution in [2.24, 2.45) is 5.92 Å². The van der Waals surface area contributed by atoms with E-state index >= 15 is 0 Å². The van der Waals surface area contributed by atoms with Crippen molar-refractivity contribution in [2.45, 2.75) is 38.8 Å². The van der Waals surface area contributed by atoms with Crippen LogP contribution in [-0.2, 0) is 0 Å². The summed E-state index contributed by atoms with van der Waals surface area (Å²) >= 11 is 0. The van der Waals surface area contributed by atoms with Crippen LogP contribution in [0.5, 0.6) is 0 Å². The van der Waals surface area contributed by atoms with Crippen LogP contribution in [0.3, 0.4) is 0 Å². The van der Waals surface area contributed by atoms with Gasteiger partial charge in [0.1, 0.15) is 5.67 Å². The largest absolute Gasteiger partial charge is 0.316 e. The van der Waals surface area contributed by atoms with Crippen molar-refractivity contribution in [1.82, 2.24) is 5.32 Å². The molecule has 0 radical (unpaired) electrons. The molecule has 1 N–H and O–H groups in total. The van der Waals surface area contributed by atoms with E-state index in [2.05, 4.69) is 5.32 Å². The number of hydrogen-bond acceptors (Lipinski definition) is 1. The lowest BCUT2D eigenvalue weighted by molar-refractivity contribution is 0.101. The summed E-state index contributed by atoms with van der Waals surface area (Å²) in [6.45, 7) is 5.65. The van der Waals surface area contributed by atoms with Crippen molar-refractivity contribution in [3.63, 3.8) is 0 Å². The van der Waals surface area contributed by atoms with Gasteiger partial charge in [-0.05, 0) is 26.3 Å². The third-order valence-corrected chi connectivity index (χ3v) is 2.65. The van der Waals surface area contributed by atoms with Crippen LogP contribution in [0, 0.1) is 5.92 Å². The summed E-state index contributed by atoms with van der Waals surface area (Å²) in [6.07, 6.45) is 2.66. The second-order valence-electron chi connectivity index (χ2n) is 3.72. The molecule has 66 valence electrons. The Morgan fingerprint density at radius 1 is 1.64 bits per heavy atom. The van der Waals surface area contributed by atoms with Gasteiger partial charge in [0, 0.05) is 12.5 Å². The fourth-order valence-electron chi connectivity index (χ4n) is 1.86. The molecule has 0 aliphatic carbocycles. The lowest BCUT2D eigenvalue weighted by atomic mass is 9.86. The molecule has 0 amide bonds. The first kappa shape index (κ1) is 8.98. The molecule has 1 nitrogen and oxygen atoms in total. The van der Waals surface area contributed by atoms with Gasteiger partial charge in [-0.25, -0.2) is 4.39 Å². The molecule has 1 aliphatic heterocycles. The van der Waals surface area contributed by atoms with E-state index in [0.717, 1.165) is 25.9 Å². The molecule has 1 heterocycles. The summed E-state index contributed by atoms with van der Waals surface area (Å²) in [5, 5.41) is 3.20. The molecule has 2 atom stereocenters.